The zero-order valence-corrected chi connectivity index (χ0v) is 17.4. The second-order valence-electron chi connectivity index (χ2n) is 7.86. The van der Waals surface area contributed by atoms with E-state index >= 15 is 0 Å². The molecule has 2 aromatic carbocycles. The number of aliphatic carboxylic acids is 1. The molecule has 0 bridgehead atoms. The fourth-order valence-electron chi connectivity index (χ4n) is 4.48. The van der Waals surface area contributed by atoms with Crippen LogP contribution < -0.4 is 0 Å². The van der Waals surface area contributed by atoms with Gasteiger partial charge in [0.05, 0.1) is 0 Å². The Hall–Kier alpha value is -2.87. The molecule has 0 aromatic heterocycles. The van der Waals surface area contributed by atoms with Crippen LogP contribution in [0.25, 0.3) is 11.1 Å². The van der Waals surface area contributed by atoms with E-state index in [1.165, 1.54) is 4.90 Å². The molecule has 7 nitrogen and oxygen atoms in total. The van der Waals surface area contributed by atoms with Crippen LogP contribution in [0.15, 0.2) is 48.5 Å². The first-order chi connectivity index (χ1) is 14.2. The largest absolute Gasteiger partial charge is 0.480 e. The van der Waals surface area contributed by atoms with Gasteiger partial charge in [0.15, 0.2) is 14.6 Å². The molecule has 4 rings (SSSR count). The van der Waals surface area contributed by atoms with Crippen LogP contribution in [-0.4, -0.2) is 61.2 Å². The van der Waals surface area contributed by atoms with Gasteiger partial charge in [-0.15, -0.1) is 0 Å². The predicted molar refractivity (Wildman–Crippen MR) is 111 cm³/mol. The van der Waals surface area contributed by atoms with Crippen LogP contribution in [0, 0.1) is 0 Å². The number of carboxylic acid groups (broad SMARTS) is 1. The Kier molecular flexibility index (Phi) is 5.05. The molecule has 1 aliphatic heterocycles. The van der Waals surface area contributed by atoms with Crippen molar-refractivity contribution in [2.24, 2.45) is 0 Å². The Morgan fingerprint density at radius 3 is 2.00 bits per heavy atom. The SMILES string of the molecule is CS(=O)(=O)C1(C(=O)O)CCN(C(=O)OCC2c3ccccc3-c3ccccc32)CC1. The maximum absolute atomic E-state index is 12.6. The molecule has 2 aliphatic rings. The summed E-state index contributed by atoms with van der Waals surface area (Å²) in [6.45, 7) is 0.214. The first-order valence-electron chi connectivity index (χ1n) is 9.77. The molecule has 0 unspecified atom stereocenters. The van der Waals surface area contributed by atoms with E-state index in [0.29, 0.717) is 0 Å². The fourth-order valence-corrected chi connectivity index (χ4v) is 5.72. The van der Waals surface area contributed by atoms with Crippen LogP contribution in [-0.2, 0) is 19.4 Å². The lowest BCUT2D eigenvalue weighted by Crippen LogP contribution is -2.55. The number of hydrogen-bond acceptors (Lipinski definition) is 5. The maximum atomic E-state index is 12.6. The van der Waals surface area contributed by atoms with Gasteiger partial charge in [0.25, 0.3) is 0 Å². The Morgan fingerprint density at radius 2 is 1.53 bits per heavy atom. The normalized spacial score (nSPS) is 17.8. The number of hydrogen-bond donors (Lipinski definition) is 1. The van der Waals surface area contributed by atoms with Crippen LogP contribution in [0.2, 0.25) is 0 Å². The lowest BCUT2D eigenvalue weighted by molar-refractivity contribution is -0.141. The lowest BCUT2D eigenvalue weighted by atomic mass is 9.96. The van der Waals surface area contributed by atoms with E-state index in [0.717, 1.165) is 28.5 Å². The molecule has 1 aliphatic carbocycles. The lowest BCUT2D eigenvalue weighted by Gasteiger charge is -2.37. The minimum atomic E-state index is -3.81. The molecule has 0 saturated carbocycles. The van der Waals surface area contributed by atoms with Crippen molar-refractivity contribution in [1.29, 1.82) is 0 Å². The van der Waals surface area contributed by atoms with Crippen LogP contribution in [0.4, 0.5) is 4.79 Å². The summed E-state index contributed by atoms with van der Waals surface area (Å²) < 4.78 is 27.8. The van der Waals surface area contributed by atoms with Crippen LogP contribution in [0.1, 0.15) is 29.9 Å². The van der Waals surface area contributed by atoms with Gasteiger partial charge < -0.3 is 14.7 Å². The zero-order chi connectivity index (χ0) is 21.5. The number of rotatable bonds is 4. The molecule has 0 radical (unpaired) electrons. The van der Waals surface area contributed by atoms with Gasteiger partial charge in [-0.1, -0.05) is 48.5 Å². The van der Waals surface area contributed by atoms with Gasteiger partial charge in [-0.2, -0.15) is 0 Å². The highest BCUT2D eigenvalue weighted by molar-refractivity contribution is 7.92. The van der Waals surface area contributed by atoms with Gasteiger partial charge in [-0.3, -0.25) is 4.79 Å². The predicted octanol–water partition coefficient (Wildman–Crippen LogP) is 2.90. The summed E-state index contributed by atoms with van der Waals surface area (Å²) in [5, 5.41) is 9.47. The van der Waals surface area contributed by atoms with E-state index in [1.54, 1.807) is 0 Å². The molecule has 1 fully saturated rings. The van der Waals surface area contributed by atoms with Crippen molar-refractivity contribution in [3.63, 3.8) is 0 Å². The third kappa shape index (κ3) is 3.25. The number of carbonyl (C=O) groups is 2. The molecular weight excluding hydrogens is 406 g/mol. The number of carboxylic acids is 1. The standard InChI is InChI=1S/C22H23NO6S/c1-30(27,28)22(20(24)25)10-12-23(13-11-22)21(26)29-14-19-17-8-4-2-6-15(17)16-7-3-5-9-18(16)19/h2-9,19H,10-14H2,1H3,(H,24,25). The smallest absolute Gasteiger partial charge is 0.409 e. The summed E-state index contributed by atoms with van der Waals surface area (Å²) in [7, 11) is -3.81. The number of nitrogens with zero attached hydrogens (tertiary/aromatic N) is 1. The molecule has 158 valence electrons. The van der Waals surface area contributed by atoms with Crippen molar-refractivity contribution < 1.29 is 27.9 Å². The van der Waals surface area contributed by atoms with Gasteiger partial charge in [0.1, 0.15) is 6.61 Å². The number of sulfone groups is 1. The zero-order valence-electron chi connectivity index (χ0n) is 16.6. The van der Waals surface area contributed by atoms with Crippen molar-refractivity contribution in [3.8, 4) is 11.1 Å². The quantitative estimate of drug-likeness (QED) is 0.802. The van der Waals surface area contributed by atoms with Gasteiger partial charge >= 0.3 is 12.1 Å². The third-order valence-electron chi connectivity index (χ3n) is 6.26. The summed E-state index contributed by atoms with van der Waals surface area (Å²) in [5.41, 5.74) is 4.47. The van der Waals surface area contributed by atoms with E-state index in [2.05, 4.69) is 12.1 Å². The summed E-state index contributed by atoms with van der Waals surface area (Å²) in [4.78, 5) is 25.6. The molecular formula is C22H23NO6S. The maximum Gasteiger partial charge on any atom is 0.409 e. The number of piperidine rings is 1. The van der Waals surface area contributed by atoms with Gasteiger partial charge in [-0.25, -0.2) is 13.2 Å². The number of likely N-dealkylation sites (tertiary alicyclic amines) is 1. The minimum absolute atomic E-state index is 0.0239. The molecule has 1 amide bonds. The monoisotopic (exact) mass is 429 g/mol. The van der Waals surface area contributed by atoms with Crippen LogP contribution >= 0.6 is 0 Å². The summed E-state index contributed by atoms with van der Waals surface area (Å²) >= 11 is 0. The van der Waals surface area contributed by atoms with Crippen LogP contribution in [0.3, 0.4) is 0 Å². The van der Waals surface area contributed by atoms with E-state index < -0.39 is 26.6 Å². The second kappa shape index (κ2) is 7.43. The van der Waals surface area contributed by atoms with Gasteiger partial charge in [0.2, 0.25) is 0 Å². The first kappa shape index (κ1) is 20.4. The Balaban J connectivity index is 1.45. The van der Waals surface area contributed by atoms with Crippen molar-refractivity contribution in [1.82, 2.24) is 4.90 Å². The molecule has 0 spiro atoms. The minimum Gasteiger partial charge on any atom is -0.480 e. The Bertz CT molecular complexity index is 1060. The van der Waals surface area contributed by atoms with Crippen molar-refractivity contribution in [3.05, 3.63) is 59.7 Å². The topological polar surface area (TPSA) is 101 Å². The number of benzene rings is 2. The third-order valence-corrected chi connectivity index (χ3v) is 8.27. The van der Waals surface area contributed by atoms with E-state index in [-0.39, 0.29) is 38.5 Å². The molecule has 30 heavy (non-hydrogen) atoms. The highest BCUT2D eigenvalue weighted by Gasteiger charge is 2.51. The summed E-state index contributed by atoms with van der Waals surface area (Å²) in [6, 6.07) is 16.0. The molecule has 2 aromatic rings. The number of fused-ring (bicyclic) bond motifs is 3. The number of ether oxygens (including phenoxy) is 1. The van der Waals surface area contributed by atoms with Gasteiger partial charge in [-0.05, 0) is 35.1 Å². The summed E-state index contributed by atoms with van der Waals surface area (Å²) in [5.74, 6) is -1.43. The average Bonchev–Trinajstić information content (AvgIpc) is 3.05. The molecule has 1 heterocycles. The molecule has 1 saturated heterocycles. The fraction of sp³-hybridized carbons (Fsp3) is 0.364. The first-order valence-corrected chi connectivity index (χ1v) is 11.7. The second-order valence-corrected chi connectivity index (χ2v) is 10.2. The Morgan fingerprint density at radius 1 is 1.03 bits per heavy atom. The molecule has 0 atom stereocenters. The Labute approximate surface area is 175 Å². The molecule has 1 N–H and O–H groups in total. The number of amides is 1. The summed E-state index contributed by atoms with van der Waals surface area (Å²) in [6.07, 6.45) is 0.0882. The van der Waals surface area contributed by atoms with E-state index in [1.807, 2.05) is 36.4 Å². The van der Waals surface area contributed by atoms with Crippen molar-refractivity contribution >= 4 is 21.9 Å². The van der Waals surface area contributed by atoms with Gasteiger partial charge in [0, 0.05) is 25.3 Å². The van der Waals surface area contributed by atoms with Crippen LogP contribution in [0.5, 0.6) is 0 Å². The highest BCUT2D eigenvalue weighted by Crippen LogP contribution is 2.44. The van der Waals surface area contributed by atoms with Crippen molar-refractivity contribution in [2.45, 2.75) is 23.5 Å². The highest BCUT2D eigenvalue weighted by atomic mass is 32.2. The van der Waals surface area contributed by atoms with E-state index in [9.17, 15) is 23.1 Å². The average molecular weight is 429 g/mol. The van der Waals surface area contributed by atoms with E-state index in [4.69, 9.17) is 4.74 Å². The van der Waals surface area contributed by atoms with Crippen molar-refractivity contribution in [2.75, 3.05) is 26.0 Å². The number of carbonyl (C=O) groups excluding carboxylic acids is 1. The molecule has 8 heteroatoms.